The number of amides is 2. The highest BCUT2D eigenvalue weighted by Gasteiger charge is 2.34. The summed E-state index contributed by atoms with van der Waals surface area (Å²) >= 11 is 1.57. The lowest BCUT2D eigenvalue weighted by molar-refractivity contribution is 0.0943. The van der Waals surface area contributed by atoms with E-state index in [2.05, 4.69) is 31.4 Å². The number of aryl methyl sites for hydroxylation is 1. The lowest BCUT2D eigenvalue weighted by Gasteiger charge is -2.33. The third kappa shape index (κ3) is 4.89. The molecule has 1 heterocycles. The first kappa shape index (κ1) is 21.6. The van der Waals surface area contributed by atoms with Gasteiger partial charge in [-0.1, -0.05) is 38.5 Å². The van der Waals surface area contributed by atoms with Gasteiger partial charge in [0.25, 0.3) is 11.8 Å². The second-order valence-corrected chi connectivity index (χ2v) is 10.6. The van der Waals surface area contributed by atoms with Crippen molar-refractivity contribution >= 4 is 28.2 Å². The molecule has 2 aromatic rings. The highest BCUT2D eigenvalue weighted by Crippen LogP contribution is 2.44. The first-order chi connectivity index (χ1) is 13.6. The van der Waals surface area contributed by atoms with Crippen molar-refractivity contribution in [2.24, 2.45) is 11.3 Å². The van der Waals surface area contributed by atoms with E-state index in [0.29, 0.717) is 22.0 Å². The van der Waals surface area contributed by atoms with Gasteiger partial charge in [0.1, 0.15) is 5.00 Å². The first-order valence-corrected chi connectivity index (χ1v) is 11.2. The van der Waals surface area contributed by atoms with Gasteiger partial charge >= 0.3 is 0 Å². The molecule has 0 fully saturated rings. The zero-order chi connectivity index (χ0) is 21.3. The SMILES string of the molecule is Cc1cccc(C(=O)Nc2sc3c(c2C(=O)NC(C)C)CCC(C(C)(C)C)C3)c1. The van der Waals surface area contributed by atoms with Gasteiger partial charge in [0.15, 0.2) is 0 Å². The summed E-state index contributed by atoms with van der Waals surface area (Å²) in [4.78, 5) is 27.1. The normalized spacial score (nSPS) is 16.4. The topological polar surface area (TPSA) is 58.2 Å². The second-order valence-electron chi connectivity index (χ2n) is 9.47. The lowest BCUT2D eigenvalue weighted by atomic mass is 9.72. The highest BCUT2D eigenvalue weighted by molar-refractivity contribution is 7.17. The van der Waals surface area contributed by atoms with Crippen molar-refractivity contribution in [2.75, 3.05) is 5.32 Å². The summed E-state index contributed by atoms with van der Waals surface area (Å²) in [6, 6.07) is 7.56. The number of hydrogen-bond donors (Lipinski definition) is 2. The molecule has 156 valence electrons. The molecule has 2 amide bonds. The predicted octanol–water partition coefficient (Wildman–Crippen LogP) is 5.60. The van der Waals surface area contributed by atoms with Gasteiger partial charge in [-0.15, -0.1) is 11.3 Å². The van der Waals surface area contributed by atoms with Crippen LogP contribution in [0.5, 0.6) is 0 Å². The molecule has 3 rings (SSSR count). The molecule has 5 heteroatoms. The molecule has 0 saturated carbocycles. The Morgan fingerprint density at radius 2 is 1.90 bits per heavy atom. The molecule has 0 spiro atoms. The van der Waals surface area contributed by atoms with E-state index in [1.165, 1.54) is 4.88 Å². The molecule has 1 aromatic carbocycles. The van der Waals surface area contributed by atoms with Crippen LogP contribution in [-0.4, -0.2) is 17.9 Å². The van der Waals surface area contributed by atoms with E-state index in [1.807, 2.05) is 39.0 Å². The Bertz CT molecular complexity index is 921. The van der Waals surface area contributed by atoms with E-state index in [9.17, 15) is 9.59 Å². The minimum Gasteiger partial charge on any atom is -0.350 e. The molecule has 2 N–H and O–H groups in total. The van der Waals surface area contributed by atoms with Crippen molar-refractivity contribution in [2.45, 2.75) is 66.8 Å². The summed E-state index contributed by atoms with van der Waals surface area (Å²) in [6.07, 6.45) is 2.92. The number of rotatable bonds is 4. The quantitative estimate of drug-likeness (QED) is 0.687. The van der Waals surface area contributed by atoms with Crippen molar-refractivity contribution < 1.29 is 9.59 Å². The molecule has 1 aliphatic rings. The number of carbonyl (C=O) groups is 2. The zero-order valence-electron chi connectivity index (χ0n) is 18.3. The zero-order valence-corrected chi connectivity index (χ0v) is 19.1. The van der Waals surface area contributed by atoms with Crippen LogP contribution in [0.1, 0.15) is 77.8 Å². The molecule has 1 atom stereocenters. The van der Waals surface area contributed by atoms with Crippen LogP contribution in [0.15, 0.2) is 24.3 Å². The van der Waals surface area contributed by atoms with Gasteiger partial charge < -0.3 is 10.6 Å². The standard InChI is InChI=1S/C24H32N2O2S/c1-14(2)25-22(28)20-18-11-10-17(24(4,5)6)13-19(18)29-23(20)26-21(27)16-9-7-8-15(3)12-16/h7-9,12,14,17H,10-11,13H2,1-6H3,(H,25,28)(H,26,27). The summed E-state index contributed by atoms with van der Waals surface area (Å²) in [5.41, 5.74) is 3.65. The van der Waals surface area contributed by atoms with Gasteiger partial charge in [0.2, 0.25) is 0 Å². The van der Waals surface area contributed by atoms with E-state index >= 15 is 0 Å². The number of nitrogens with one attached hydrogen (secondary N) is 2. The monoisotopic (exact) mass is 412 g/mol. The minimum atomic E-state index is -0.168. The Hall–Kier alpha value is -2.14. The predicted molar refractivity (Wildman–Crippen MR) is 121 cm³/mol. The molecule has 1 unspecified atom stereocenters. The summed E-state index contributed by atoms with van der Waals surface area (Å²) < 4.78 is 0. The van der Waals surface area contributed by atoms with E-state index in [-0.39, 0.29) is 23.3 Å². The van der Waals surface area contributed by atoms with Gasteiger partial charge in [0, 0.05) is 16.5 Å². The van der Waals surface area contributed by atoms with Crippen LogP contribution in [0.25, 0.3) is 0 Å². The van der Waals surface area contributed by atoms with E-state index < -0.39 is 0 Å². The van der Waals surface area contributed by atoms with Crippen molar-refractivity contribution in [1.82, 2.24) is 5.32 Å². The molecular weight excluding hydrogens is 380 g/mol. The molecule has 1 aliphatic carbocycles. The summed E-state index contributed by atoms with van der Waals surface area (Å²) in [5.74, 6) is 0.319. The Morgan fingerprint density at radius 3 is 2.52 bits per heavy atom. The Balaban J connectivity index is 1.96. The third-order valence-corrected chi connectivity index (χ3v) is 6.81. The molecule has 29 heavy (non-hydrogen) atoms. The highest BCUT2D eigenvalue weighted by atomic mass is 32.1. The van der Waals surface area contributed by atoms with Gasteiger partial charge in [-0.3, -0.25) is 9.59 Å². The summed E-state index contributed by atoms with van der Waals surface area (Å²) in [5, 5.41) is 6.73. The number of hydrogen-bond acceptors (Lipinski definition) is 3. The molecule has 0 radical (unpaired) electrons. The van der Waals surface area contributed by atoms with Crippen LogP contribution in [0.4, 0.5) is 5.00 Å². The Morgan fingerprint density at radius 1 is 1.17 bits per heavy atom. The van der Waals surface area contributed by atoms with Crippen molar-refractivity contribution in [3.8, 4) is 0 Å². The molecule has 1 aromatic heterocycles. The fourth-order valence-electron chi connectivity index (χ4n) is 3.95. The first-order valence-electron chi connectivity index (χ1n) is 10.4. The number of anilines is 1. The second kappa shape index (κ2) is 8.31. The van der Waals surface area contributed by atoms with Gasteiger partial charge in [-0.2, -0.15) is 0 Å². The van der Waals surface area contributed by atoms with Crippen LogP contribution in [0.3, 0.4) is 0 Å². The largest absolute Gasteiger partial charge is 0.350 e. The fraction of sp³-hybridized carbons (Fsp3) is 0.500. The summed E-state index contributed by atoms with van der Waals surface area (Å²) in [7, 11) is 0. The van der Waals surface area contributed by atoms with E-state index in [1.54, 1.807) is 17.4 Å². The minimum absolute atomic E-state index is 0.0456. The number of fused-ring (bicyclic) bond motifs is 1. The summed E-state index contributed by atoms with van der Waals surface area (Å²) in [6.45, 7) is 12.7. The number of thiophene rings is 1. The number of carbonyl (C=O) groups excluding carboxylic acids is 2. The van der Waals surface area contributed by atoms with Gasteiger partial charge in [0.05, 0.1) is 5.56 Å². The fourth-order valence-corrected chi connectivity index (χ4v) is 5.27. The maximum atomic E-state index is 13.0. The average Bonchev–Trinajstić information content (AvgIpc) is 2.97. The van der Waals surface area contributed by atoms with E-state index in [4.69, 9.17) is 0 Å². The van der Waals surface area contributed by atoms with Crippen molar-refractivity contribution in [3.63, 3.8) is 0 Å². The van der Waals surface area contributed by atoms with Crippen LogP contribution in [0, 0.1) is 18.3 Å². The third-order valence-electron chi connectivity index (χ3n) is 5.64. The van der Waals surface area contributed by atoms with Crippen LogP contribution < -0.4 is 10.6 Å². The Kier molecular flexibility index (Phi) is 6.18. The van der Waals surface area contributed by atoms with Crippen LogP contribution >= 0.6 is 11.3 Å². The van der Waals surface area contributed by atoms with Crippen molar-refractivity contribution in [3.05, 3.63) is 51.4 Å². The maximum absolute atomic E-state index is 13.0. The van der Waals surface area contributed by atoms with E-state index in [0.717, 1.165) is 30.4 Å². The lowest BCUT2D eigenvalue weighted by Crippen LogP contribution is -2.32. The molecular formula is C24H32N2O2S. The molecule has 0 aliphatic heterocycles. The molecule has 0 saturated heterocycles. The Labute approximate surface area is 178 Å². The maximum Gasteiger partial charge on any atom is 0.256 e. The van der Waals surface area contributed by atoms with Crippen molar-refractivity contribution in [1.29, 1.82) is 0 Å². The molecule has 0 bridgehead atoms. The molecule has 4 nitrogen and oxygen atoms in total. The van der Waals surface area contributed by atoms with Gasteiger partial charge in [-0.25, -0.2) is 0 Å². The van der Waals surface area contributed by atoms with Crippen LogP contribution in [-0.2, 0) is 12.8 Å². The average molecular weight is 413 g/mol. The smallest absolute Gasteiger partial charge is 0.256 e. The van der Waals surface area contributed by atoms with Crippen LogP contribution in [0.2, 0.25) is 0 Å². The number of benzene rings is 1. The van der Waals surface area contributed by atoms with Gasteiger partial charge in [-0.05, 0) is 69.1 Å².